The molecule has 0 bridgehead atoms. The highest BCUT2D eigenvalue weighted by atomic mass is 16.5. The number of nitrogen functional groups attached to an aromatic ring is 3. The summed E-state index contributed by atoms with van der Waals surface area (Å²) in [5.74, 6) is 0.504. The lowest BCUT2D eigenvalue weighted by atomic mass is 10.2. The van der Waals surface area contributed by atoms with Gasteiger partial charge in [-0.2, -0.15) is 0 Å². The van der Waals surface area contributed by atoms with Crippen molar-refractivity contribution in [2.24, 2.45) is 0 Å². The second-order valence-electron chi connectivity index (χ2n) is 3.07. The number of ether oxygens (including phenoxy) is 1. The summed E-state index contributed by atoms with van der Waals surface area (Å²) in [7, 11) is 1.79. The van der Waals surface area contributed by atoms with Gasteiger partial charge in [0, 0.05) is 11.8 Å². The highest BCUT2D eigenvalue weighted by molar-refractivity contribution is 5.75. The summed E-state index contributed by atoms with van der Waals surface area (Å²) in [6.07, 6.45) is -0.140. The fourth-order valence-electron chi connectivity index (χ4n) is 1.02. The second kappa shape index (κ2) is 4.06. The van der Waals surface area contributed by atoms with E-state index < -0.39 is 0 Å². The summed E-state index contributed by atoms with van der Waals surface area (Å²) >= 11 is 0. The zero-order chi connectivity index (χ0) is 10.7. The molecule has 14 heavy (non-hydrogen) atoms. The van der Waals surface area contributed by atoms with Crippen molar-refractivity contribution in [2.45, 2.75) is 13.2 Å². The molecule has 0 aliphatic carbocycles. The minimum atomic E-state index is -0.140. The van der Waals surface area contributed by atoms with Crippen LogP contribution in [0.2, 0.25) is 0 Å². The normalized spacial score (nSPS) is 12.4. The molecule has 7 N–H and O–H groups in total. The third-order valence-electron chi connectivity index (χ3n) is 1.91. The lowest BCUT2D eigenvalue weighted by Gasteiger charge is -2.16. The van der Waals surface area contributed by atoms with Crippen LogP contribution in [-0.2, 0) is 0 Å². The van der Waals surface area contributed by atoms with Crippen molar-refractivity contribution in [3.8, 4) is 5.75 Å². The molecule has 1 aromatic rings. The number of rotatable bonds is 3. The summed E-state index contributed by atoms with van der Waals surface area (Å²) < 4.78 is 5.46. The van der Waals surface area contributed by atoms with Crippen molar-refractivity contribution < 1.29 is 4.74 Å². The lowest BCUT2D eigenvalue weighted by molar-refractivity contribution is 0.195. The van der Waals surface area contributed by atoms with Crippen molar-refractivity contribution in [3.05, 3.63) is 12.1 Å². The van der Waals surface area contributed by atoms with Gasteiger partial charge in [0.25, 0.3) is 0 Å². The molecule has 5 nitrogen and oxygen atoms in total. The van der Waals surface area contributed by atoms with Crippen LogP contribution in [0.25, 0.3) is 0 Å². The molecule has 0 heterocycles. The number of anilines is 3. The van der Waals surface area contributed by atoms with Gasteiger partial charge in [-0.05, 0) is 20.0 Å². The summed E-state index contributed by atoms with van der Waals surface area (Å²) in [6, 6.07) is 3.26. The van der Waals surface area contributed by atoms with Gasteiger partial charge in [-0.1, -0.05) is 0 Å². The third kappa shape index (κ3) is 2.20. The van der Waals surface area contributed by atoms with Crippen LogP contribution < -0.4 is 27.3 Å². The zero-order valence-corrected chi connectivity index (χ0v) is 8.37. The van der Waals surface area contributed by atoms with E-state index in [0.29, 0.717) is 22.8 Å². The lowest BCUT2D eigenvalue weighted by Crippen LogP contribution is -2.27. The number of nitrogens with two attached hydrogens (primary N) is 3. The molecule has 0 saturated carbocycles. The fraction of sp³-hybridized carbons (Fsp3) is 0.333. The first-order valence-electron chi connectivity index (χ1n) is 4.33. The minimum Gasteiger partial charge on any atom is -0.473 e. The molecule has 1 unspecified atom stereocenters. The Bertz CT molecular complexity index is 327. The van der Waals surface area contributed by atoms with Crippen LogP contribution in [0.1, 0.15) is 6.92 Å². The van der Waals surface area contributed by atoms with E-state index in [9.17, 15) is 0 Å². The molecule has 78 valence electrons. The van der Waals surface area contributed by atoms with Crippen LogP contribution in [0.5, 0.6) is 5.75 Å². The second-order valence-corrected chi connectivity index (χ2v) is 3.07. The standard InChI is InChI=1S/C9H16N4O/c1-5(13-2)14-8-4-6(10)3-7(11)9(8)12/h3-5,13H,10-12H2,1-2H3. The maximum atomic E-state index is 5.72. The Balaban J connectivity index is 2.96. The molecular weight excluding hydrogens is 180 g/mol. The Morgan fingerprint density at radius 1 is 1.29 bits per heavy atom. The summed E-state index contributed by atoms with van der Waals surface area (Å²) in [5, 5.41) is 2.92. The molecule has 1 atom stereocenters. The topological polar surface area (TPSA) is 99.3 Å². The van der Waals surface area contributed by atoms with E-state index in [1.54, 1.807) is 19.2 Å². The molecule has 5 heteroatoms. The van der Waals surface area contributed by atoms with Gasteiger partial charge in [0.15, 0.2) is 0 Å². The van der Waals surface area contributed by atoms with Gasteiger partial charge in [-0.25, -0.2) is 0 Å². The van der Waals surface area contributed by atoms with Gasteiger partial charge in [0.1, 0.15) is 12.0 Å². The van der Waals surface area contributed by atoms with Gasteiger partial charge in [0.05, 0.1) is 11.4 Å². The molecule has 0 spiro atoms. The molecular formula is C9H16N4O. The fourth-order valence-corrected chi connectivity index (χ4v) is 1.02. The number of benzene rings is 1. The maximum absolute atomic E-state index is 5.72. The van der Waals surface area contributed by atoms with Crippen molar-refractivity contribution in [3.63, 3.8) is 0 Å². The van der Waals surface area contributed by atoms with Gasteiger partial charge in [-0.15, -0.1) is 0 Å². The minimum absolute atomic E-state index is 0.140. The number of hydrogen-bond donors (Lipinski definition) is 4. The molecule has 0 radical (unpaired) electrons. The van der Waals surface area contributed by atoms with E-state index >= 15 is 0 Å². The first-order chi connectivity index (χ1) is 6.54. The molecule has 0 aliphatic rings. The Kier molecular flexibility index (Phi) is 3.03. The Hall–Kier alpha value is -1.62. The third-order valence-corrected chi connectivity index (χ3v) is 1.91. The average molecular weight is 196 g/mol. The monoisotopic (exact) mass is 196 g/mol. The van der Waals surface area contributed by atoms with Crippen LogP contribution in [0.4, 0.5) is 17.1 Å². The van der Waals surface area contributed by atoms with Crippen LogP contribution in [0.3, 0.4) is 0 Å². The van der Waals surface area contributed by atoms with E-state index in [4.69, 9.17) is 21.9 Å². The first-order valence-corrected chi connectivity index (χ1v) is 4.33. The molecule has 0 fully saturated rings. The summed E-state index contributed by atoms with van der Waals surface area (Å²) in [5.41, 5.74) is 18.4. The summed E-state index contributed by atoms with van der Waals surface area (Å²) in [4.78, 5) is 0. The van der Waals surface area contributed by atoms with Gasteiger partial charge in [-0.3, -0.25) is 5.32 Å². The van der Waals surface area contributed by atoms with Crippen LogP contribution >= 0.6 is 0 Å². The van der Waals surface area contributed by atoms with Crippen molar-refractivity contribution >= 4 is 17.1 Å². The van der Waals surface area contributed by atoms with Crippen LogP contribution in [-0.4, -0.2) is 13.3 Å². The summed E-state index contributed by atoms with van der Waals surface area (Å²) in [6.45, 7) is 1.86. The highest BCUT2D eigenvalue weighted by Crippen LogP contribution is 2.30. The van der Waals surface area contributed by atoms with Gasteiger partial charge >= 0.3 is 0 Å². The van der Waals surface area contributed by atoms with E-state index in [0.717, 1.165) is 0 Å². The predicted molar refractivity (Wildman–Crippen MR) is 58.8 cm³/mol. The quantitative estimate of drug-likeness (QED) is 0.413. The maximum Gasteiger partial charge on any atom is 0.148 e. The van der Waals surface area contributed by atoms with Crippen LogP contribution in [0.15, 0.2) is 12.1 Å². The molecule has 0 aliphatic heterocycles. The highest BCUT2D eigenvalue weighted by Gasteiger charge is 2.08. The molecule has 0 amide bonds. The largest absolute Gasteiger partial charge is 0.473 e. The Morgan fingerprint density at radius 2 is 1.93 bits per heavy atom. The average Bonchev–Trinajstić information content (AvgIpc) is 2.13. The van der Waals surface area contributed by atoms with E-state index in [2.05, 4.69) is 5.32 Å². The van der Waals surface area contributed by atoms with Gasteiger partial charge < -0.3 is 21.9 Å². The Labute approximate surface area is 83.2 Å². The molecule has 1 aromatic carbocycles. The van der Waals surface area contributed by atoms with Crippen molar-refractivity contribution in [1.29, 1.82) is 0 Å². The SMILES string of the molecule is CNC(C)Oc1cc(N)cc(N)c1N. The van der Waals surface area contributed by atoms with Gasteiger partial charge in [0.2, 0.25) is 0 Å². The molecule has 1 rings (SSSR count). The van der Waals surface area contributed by atoms with Crippen molar-refractivity contribution in [2.75, 3.05) is 24.2 Å². The predicted octanol–water partition coefficient (Wildman–Crippen LogP) is 0.377. The van der Waals surface area contributed by atoms with Crippen LogP contribution in [0, 0.1) is 0 Å². The van der Waals surface area contributed by atoms with E-state index in [1.165, 1.54) is 0 Å². The Morgan fingerprint density at radius 3 is 2.50 bits per heavy atom. The first kappa shape index (κ1) is 10.5. The molecule has 0 saturated heterocycles. The molecule has 0 aromatic heterocycles. The van der Waals surface area contributed by atoms with E-state index in [-0.39, 0.29) is 6.23 Å². The number of nitrogens with one attached hydrogen (secondary N) is 1. The van der Waals surface area contributed by atoms with Crippen molar-refractivity contribution in [1.82, 2.24) is 5.32 Å². The smallest absolute Gasteiger partial charge is 0.148 e. The van der Waals surface area contributed by atoms with E-state index in [1.807, 2.05) is 6.92 Å². The number of hydrogen-bond acceptors (Lipinski definition) is 5. The zero-order valence-electron chi connectivity index (χ0n) is 8.37.